The molecule has 0 aliphatic rings. The Kier molecular flexibility index (Phi) is 3.87. The first-order valence-electron chi connectivity index (χ1n) is 4.34. The highest BCUT2D eigenvalue weighted by atomic mass is 16.5. The third-order valence-electron chi connectivity index (χ3n) is 1.63. The largest absolute Gasteiger partial charge is 0.475 e. The van der Waals surface area contributed by atoms with Gasteiger partial charge in [0.15, 0.2) is 0 Å². The molecular weight excluding hydrogens is 202 g/mol. The molecule has 1 aromatic rings. The van der Waals surface area contributed by atoms with E-state index in [2.05, 4.69) is 4.42 Å². The zero-order chi connectivity index (χ0) is 11.3. The van der Waals surface area contributed by atoms with Crippen molar-refractivity contribution in [3.63, 3.8) is 0 Å². The van der Waals surface area contributed by atoms with Crippen LogP contribution in [0.5, 0.6) is 0 Å². The minimum absolute atomic E-state index is 0.0874. The number of hydrogen-bond donors (Lipinski definition) is 2. The van der Waals surface area contributed by atoms with Crippen LogP contribution >= 0.6 is 0 Å². The third-order valence-corrected chi connectivity index (χ3v) is 1.63. The predicted molar refractivity (Wildman–Crippen MR) is 49.6 cm³/mol. The number of nitrogens with two attached hydrogens (primary N) is 1. The van der Waals surface area contributed by atoms with Gasteiger partial charge in [0.05, 0.1) is 12.2 Å². The number of carbonyl (C=O) groups is 2. The molecule has 0 unspecified atom stereocenters. The normalized spacial score (nSPS) is 9.93. The highest BCUT2D eigenvalue weighted by Gasteiger charge is 2.14. The Morgan fingerprint density at radius 3 is 2.80 bits per heavy atom. The van der Waals surface area contributed by atoms with Gasteiger partial charge in [-0.1, -0.05) is 0 Å². The molecule has 0 aliphatic heterocycles. The molecule has 1 rings (SSSR count). The highest BCUT2D eigenvalue weighted by molar-refractivity contribution is 5.93. The fourth-order valence-corrected chi connectivity index (χ4v) is 0.887. The summed E-state index contributed by atoms with van der Waals surface area (Å²) in [4.78, 5) is 21.7. The van der Waals surface area contributed by atoms with Crippen molar-refractivity contribution >= 4 is 11.9 Å². The molecule has 0 aromatic carbocycles. The molecule has 0 saturated carbocycles. The minimum atomic E-state index is -1.23. The van der Waals surface area contributed by atoms with Gasteiger partial charge in [0, 0.05) is 6.07 Å². The van der Waals surface area contributed by atoms with E-state index >= 15 is 0 Å². The van der Waals surface area contributed by atoms with Crippen molar-refractivity contribution in [2.45, 2.75) is 6.42 Å². The molecule has 3 N–H and O–H groups in total. The Bertz CT molecular complexity index is 357. The minimum Gasteiger partial charge on any atom is -0.475 e. The van der Waals surface area contributed by atoms with Crippen LogP contribution in [-0.4, -0.2) is 30.2 Å². The van der Waals surface area contributed by atoms with E-state index in [1.807, 2.05) is 0 Å². The number of carbonyl (C=O) groups excluding carboxylic acids is 1. The molecule has 0 saturated heterocycles. The van der Waals surface area contributed by atoms with Gasteiger partial charge in [0.25, 0.3) is 0 Å². The number of furan rings is 1. The standard InChI is InChI=1S/C9H11NO5/c10-2-1-3-14-9(13)6-4-7(8(11)12)15-5-6/h4-5H,1-3,10H2,(H,11,12). The summed E-state index contributed by atoms with van der Waals surface area (Å²) in [6, 6.07) is 1.12. The molecule has 0 aliphatic carbocycles. The zero-order valence-electron chi connectivity index (χ0n) is 7.93. The molecule has 6 nitrogen and oxygen atoms in total. The average molecular weight is 213 g/mol. The maximum Gasteiger partial charge on any atom is 0.371 e. The van der Waals surface area contributed by atoms with Crippen LogP contribution in [0.2, 0.25) is 0 Å². The lowest BCUT2D eigenvalue weighted by Crippen LogP contribution is -2.09. The summed E-state index contributed by atoms with van der Waals surface area (Å²) >= 11 is 0. The Balaban J connectivity index is 2.54. The van der Waals surface area contributed by atoms with E-state index in [1.54, 1.807) is 0 Å². The van der Waals surface area contributed by atoms with Crippen LogP contribution in [0.1, 0.15) is 27.3 Å². The molecular formula is C9H11NO5. The first kappa shape index (κ1) is 11.3. The number of hydrogen-bond acceptors (Lipinski definition) is 5. The number of carboxylic acids is 1. The fourth-order valence-electron chi connectivity index (χ4n) is 0.887. The Morgan fingerprint density at radius 2 is 2.27 bits per heavy atom. The second-order valence-corrected chi connectivity index (χ2v) is 2.78. The molecule has 82 valence electrons. The Morgan fingerprint density at radius 1 is 1.53 bits per heavy atom. The van der Waals surface area contributed by atoms with E-state index in [0.717, 1.165) is 12.3 Å². The maximum atomic E-state index is 11.2. The number of carboxylic acid groups (broad SMARTS) is 1. The molecule has 0 fully saturated rings. The maximum absolute atomic E-state index is 11.2. The van der Waals surface area contributed by atoms with Crippen molar-refractivity contribution in [3.05, 3.63) is 23.7 Å². The molecule has 0 bridgehead atoms. The number of esters is 1. The van der Waals surface area contributed by atoms with Crippen LogP contribution in [0.25, 0.3) is 0 Å². The van der Waals surface area contributed by atoms with E-state index < -0.39 is 11.9 Å². The lowest BCUT2D eigenvalue weighted by molar-refractivity contribution is 0.0501. The second kappa shape index (κ2) is 5.16. The molecule has 1 heterocycles. The quantitative estimate of drug-likeness (QED) is 0.544. The lowest BCUT2D eigenvalue weighted by Gasteiger charge is -2.00. The van der Waals surface area contributed by atoms with E-state index in [9.17, 15) is 9.59 Å². The first-order chi connectivity index (χ1) is 7.15. The number of rotatable bonds is 5. The van der Waals surface area contributed by atoms with Gasteiger partial charge in [0.1, 0.15) is 6.26 Å². The molecule has 6 heteroatoms. The molecule has 0 atom stereocenters. The summed E-state index contributed by atoms with van der Waals surface area (Å²) in [5.41, 5.74) is 5.30. The summed E-state index contributed by atoms with van der Waals surface area (Å²) < 4.78 is 9.42. The summed E-state index contributed by atoms with van der Waals surface area (Å²) in [7, 11) is 0. The summed E-state index contributed by atoms with van der Waals surface area (Å²) in [5, 5.41) is 8.53. The first-order valence-corrected chi connectivity index (χ1v) is 4.34. The summed E-state index contributed by atoms with van der Waals surface area (Å²) in [6.45, 7) is 0.641. The van der Waals surface area contributed by atoms with Crippen LogP contribution in [0.3, 0.4) is 0 Å². The third kappa shape index (κ3) is 3.10. The van der Waals surface area contributed by atoms with Crippen molar-refractivity contribution in [1.82, 2.24) is 0 Å². The van der Waals surface area contributed by atoms with Gasteiger partial charge in [-0.25, -0.2) is 9.59 Å². The Hall–Kier alpha value is -1.82. The van der Waals surface area contributed by atoms with E-state index in [4.69, 9.17) is 15.6 Å². The zero-order valence-corrected chi connectivity index (χ0v) is 7.93. The summed E-state index contributed by atoms with van der Waals surface area (Å²) in [5.74, 6) is -2.13. The van der Waals surface area contributed by atoms with E-state index in [-0.39, 0.29) is 17.9 Å². The monoisotopic (exact) mass is 213 g/mol. The number of aromatic carboxylic acids is 1. The van der Waals surface area contributed by atoms with Gasteiger partial charge >= 0.3 is 11.9 Å². The van der Waals surface area contributed by atoms with Crippen molar-refractivity contribution in [3.8, 4) is 0 Å². The molecule has 0 radical (unpaired) electrons. The average Bonchev–Trinajstić information content (AvgIpc) is 2.66. The van der Waals surface area contributed by atoms with Crippen molar-refractivity contribution in [1.29, 1.82) is 0 Å². The van der Waals surface area contributed by atoms with Gasteiger partial charge in [-0.2, -0.15) is 0 Å². The topological polar surface area (TPSA) is 103 Å². The predicted octanol–water partition coefficient (Wildman–Crippen LogP) is 0.483. The van der Waals surface area contributed by atoms with Gasteiger partial charge in [0.2, 0.25) is 5.76 Å². The van der Waals surface area contributed by atoms with E-state index in [0.29, 0.717) is 13.0 Å². The lowest BCUT2D eigenvalue weighted by atomic mass is 10.3. The van der Waals surface area contributed by atoms with Crippen molar-refractivity contribution in [2.75, 3.05) is 13.2 Å². The second-order valence-electron chi connectivity index (χ2n) is 2.78. The van der Waals surface area contributed by atoms with Gasteiger partial charge in [-0.3, -0.25) is 0 Å². The fraction of sp³-hybridized carbons (Fsp3) is 0.333. The van der Waals surface area contributed by atoms with Crippen LogP contribution in [0, 0.1) is 0 Å². The van der Waals surface area contributed by atoms with Crippen LogP contribution in [0.4, 0.5) is 0 Å². The van der Waals surface area contributed by atoms with Crippen molar-refractivity contribution in [2.24, 2.45) is 5.73 Å². The van der Waals surface area contributed by atoms with Crippen LogP contribution in [-0.2, 0) is 4.74 Å². The number of ether oxygens (including phenoxy) is 1. The van der Waals surface area contributed by atoms with Crippen molar-refractivity contribution < 1.29 is 23.8 Å². The highest BCUT2D eigenvalue weighted by Crippen LogP contribution is 2.09. The van der Waals surface area contributed by atoms with Gasteiger partial charge < -0.3 is 20.0 Å². The summed E-state index contributed by atoms with van der Waals surface area (Å²) in [6.07, 6.45) is 1.61. The molecule has 1 aromatic heterocycles. The van der Waals surface area contributed by atoms with E-state index in [1.165, 1.54) is 0 Å². The van der Waals surface area contributed by atoms with Crippen LogP contribution in [0.15, 0.2) is 16.7 Å². The smallest absolute Gasteiger partial charge is 0.371 e. The molecule has 0 amide bonds. The van der Waals surface area contributed by atoms with Crippen LogP contribution < -0.4 is 5.73 Å². The molecule has 0 spiro atoms. The van der Waals surface area contributed by atoms with Gasteiger partial charge in [-0.05, 0) is 13.0 Å². The van der Waals surface area contributed by atoms with Gasteiger partial charge in [-0.15, -0.1) is 0 Å². The SMILES string of the molecule is NCCCOC(=O)c1coc(C(=O)O)c1. The Labute approximate surface area is 85.6 Å². The molecule has 15 heavy (non-hydrogen) atoms.